The number of hydrogen-bond acceptors (Lipinski definition) is 3. The zero-order valence-electron chi connectivity index (χ0n) is 11.9. The van der Waals surface area contributed by atoms with Crippen LogP contribution in [0.5, 0.6) is 0 Å². The molecule has 0 bridgehead atoms. The summed E-state index contributed by atoms with van der Waals surface area (Å²) in [5.41, 5.74) is 1.17. The van der Waals surface area contributed by atoms with E-state index in [1.807, 2.05) is 36.1 Å². The van der Waals surface area contributed by atoms with Gasteiger partial charge in [-0.05, 0) is 12.5 Å². The van der Waals surface area contributed by atoms with Crippen molar-refractivity contribution in [2.45, 2.75) is 13.0 Å². The van der Waals surface area contributed by atoms with Crippen molar-refractivity contribution < 1.29 is 9.53 Å². The van der Waals surface area contributed by atoms with Gasteiger partial charge in [-0.25, -0.2) is 0 Å². The van der Waals surface area contributed by atoms with Gasteiger partial charge in [0.25, 0.3) is 0 Å². The predicted molar refractivity (Wildman–Crippen MR) is 80.3 cm³/mol. The molecule has 1 heterocycles. The van der Waals surface area contributed by atoms with E-state index in [4.69, 9.17) is 4.74 Å². The zero-order valence-corrected chi connectivity index (χ0v) is 11.9. The summed E-state index contributed by atoms with van der Waals surface area (Å²) in [4.78, 5) is 14.0. The van der Waals surface area contributed by atoms with E-state index in [-0.39, 0.29) is 11.9 Å². The van der Waals surface area contributed by atoms with Crippen LogP contribution in [0.4, 0.5) is 0 Å². The Labute approximate surface area is 120 Å². The SMILES string of the molecule is CC(NC/C=C/c1ccccc1)C(=O)N1CCOCC1. The van der Waals surface area contributed by atoms with Gasteiger partial charge in [0.1, 0.15) is 0 Å². The molecule has 0 aliphatic carbocycles. The second kappa shape index (κ2) is 7.82. The Morgan fingerprint density at radius 2 is 2.05 bits per heavy atom. The highest BCUT2D eigenvalue weighted by Crippen LogP contribution is 2.02. The number of carbonyl (C=O) groups excluding carboxylic acids is 1. The molecule has 108 valence electrons. The van der Waals surface area contributed by atoms with Crippen molar-refractivity contribution in [1.82, 2.24) is 10.2 Å². The Morgan fingerprint density at radius 1 is 1.35 bits per heavy atom. The van der Waals surface area contributed by atoms with Gasteiger partial charge in [0.05, 0.1) is 19.3 Å². The molecule has 1 N–H and O–H groups in total. The quantitative estimate of drug-likeness (QED) is 0.885. The maximum atomic E-state index is 12.1. The van der Waals surface area contributed by atoms with Gasteiger partial charge < -0.3 is 15.0 Å². The molecule has 0 spiro atoms. The Bertz CT molecular complexity index is 439. The third kappa shape index (κ3) is 4.47. The molecule has 1 unspecified atom stereocenters. The van der Waals surface area contributed by atoms with Crippen molar-refractivity contribution in [3.8, 4) is 0 Å². The molecule has 1 atom stereocenters. The maximum absolute atomic E-state index is 12.1. The molecule has 1 amide bonds. The summed E-state index contributed by atoms with van der Waals surface area (Å²) in [6.45, 7) is 5.29. The molecule has 0 aromatic heterocycles. The molecular formula is C16H22N2O2. The van der Waals surface area contributed by atoms with E-state index >= 15 is 0 Å². The van der Waals surface area contributed by atoms with Crippen molar-refractivity contribution in [2.75, 3.05) is 32.8 Å². The van der Waals surface area contributed by atoms with E-state index < -0.39 is 0 Å². The van der Waals surface area contributed by atoms with Gasteiger partial charge in [-0.3, -0.25) is 4.79 Å². The van der Waals surface area contributed by atoms with Gasteiger partial charge in [0.15, 0.2) is 0 Å². The molecular weight excluding hydrogens is 252 g/mol. The van der Waals surface area contributed by atoms with Crippen molar-refractivity contribution in [2.24, 2.45) is 0 Å². The first-order chi connectivity index (χ1) is 9.77. The number of ether oxygens (including phenoxy) is 1. The number of rotatable bonds is 5. The van der Waals surface area contributed by atoms with Crippen molar-refractivity contribution in [1.29, 1.82) is 0 Å². The summed E-state index contributed by atoms with van der Waals surface area (Å²) >= 11 is 0. The average molecular weight is 274 g/mol. The summed E-state index contributed by atoms with van der Waals surface area (Å²) in [5, 5.41) is 3.23. The topological polar surface area (TPSA) is 41.6 Å². The van der Waals surface area contributed by atoms with Crippen molar-refractivity contribution in [3.63, 3.8) is 0 Å². The number of nitrogens with zero attached hydrogens (tertiary/aromatic N) is 1. The fraction of sp³-hybridized carbons (Fsp3) is 0.438. The largest absolute Gasteiger partial charge is 0.378 e. The number of amides is 1. The van der Waals surface area contributed by atoms with Crippen LogP contribution >= 0.6 is 0 Å². The highest BCUT2D eigenvalue weighted by Gasteiger charge is 2.21. The standard InChI is InChI=1S/C16H22N2O2/c1-14(16(19)18-10-12-20-13-11-18)17-9-5-8-15-6-3-2-4-7-15/h2-8,14,17H,9-13H2,1H3/b8-5+. The molecule has 1 saturated heterocycles. The second-order valence-corrected chi connectivity index (χ2v) is 4.88. The lowest BCUT2D eigenvalue weighted by molar-refractivity contribution is -0.137. The molecule has 2 rings (SSSR count). The van der Waals surface area contributed by atoms with Crippen LogP contribution in [-0.4, -0.2) is 49.7 Å². The number of hydrogen-bond donors (Lipinski definition) is 1. The highest BCUT2D eigenvalue weighted by molar-refractivity contribution is 5.81. The Hall–Kier alpha value is -1.65. The molecule has 4 nitrogen and oxygen atoms in total. The van der Waals surface area contributed by atoms with Crippen molar-refractivity contribution in [3.05, 3.63) is 42.0 Å². The van der Waals surface area contributed by atoms with Crippen LogP contribution in [-0.2, 0) is 9.53 Å². The molecule has 1 fully saturated rings. The number of carbonyl (C=O) groups is 1. The maximum Gasteiger partial charge on any atom is 0.239 e. The van der Waals surface area contributed by atoms with Crippen LogP contribution < -0.4 is 5.32 Å². The number of nitrogens with one attached hydrogen (secondary N) is 1. The van der Waals surface area contributed by atoms with E-state index in [0.717, 1.165) is 0 Å². The van der Waals surface area contributed by atoms with Gasteiger partial charge in [-0.15, -0.1) is 0 Å². The van der Waals surface area contributed by atoms with Gasteiger partial charge >= 0.3 is 0 Å². The molecule has 1 aromatic carbocycles. The van der Waals surface area contributed by atoms with E-state index in [1.54, 1.807) is 0 Å². The van der Waals surface area contributed by atoms with E-state index in [2.05, 4.69) is 23.5 Å². The molecule has 4 heteroatoms. The normalized spacial score (nSPS) is 17.4. The fourth-order valence-electron chi connectivity index (χ4n) is 2.15. The monoisotopic (exact) mass is 274 g/mol. The molecule has 1 aliphatic rings. The molecule has 0 radical (unpaired) electrons. The average Bonchev–Trinajstić information content (AvgIpc) is 2.52. The van der Waals surface area contributed by atoms with Gasteiger partial charge in [0, 0.05) is 19.6 Å². The van der Waals surface area contributed by atoms with E-state index in [0.29, 0.717) is 32.8 Å². The Balaban J connectivity index is 1.73. The zero-order chi connectivity index (χ0) is 14.2. The van der Waals surface area contributed by atoms with Gasteiger partial charge in [-0.1, -0.05) is 42.5 Å². The minimum atomic E-state index is -0.159. The van der Waals surface area contributed by atoms with Gasteiger partial charge in [0.2, 0.25) is 5.91 Å². The lowest BCUT2D eigenvalue weighted by Crippen LogP contribution is -2.49. The van der Waals surface area contributed by atoms with Crippen LogP contribution in [0.1, 0.15) is 12.5 Å². The smallest absolute Gasteiger partial charge is 0.239 e. The predicted octanol–water partition coefficient (Wildman–Crippen LogP) is 1.54. The summed E-state index contributed by atoms with van der Waals surface area (Å²) < 4.78 is 5.25. The first-order valence-electron chi connectivity index (χ1n) is 7.09. The minimum absolute atomic E-state index is 0.154. The first-order valence-corrected chi connectivity index (χ1v) is 7.09. The van der Waals surface area contributed by atoms with Crippen LogP contribution in [0, 0.1) is 0 Å². The van der Waals surface area contributed by atoms with Crippen LogP contribution in [0.2, 0.25) is 0 Å². The van der Waals surface area contributed by atoms with Crippen LogP contribution in [0.25, 0.3) is 6.08 Å². The number of morpholine rings is 1. The molecule has 20 heavy (non-hydrogen) atoms. The Morgan fingerprint density at radius 3 is 2.75 bits per heavy atom. The van der Waals surface area contributed by atoms with E-state index in [1.165, 1.54) is 5.56 Å². The summed E-state index contributed by atoms with van der Waals surface area (Å²) in [6, 6.07) is 9.97. The summed E-state index contributed by atoms with van der Waals surface area (Å²) in [5.74, 6) is 0.154. The minimum Gasteiger partial charge on any atom is -0.378 e. The Kier molecular flexibility index (Phi) is 5.77. The molecule has 1 aromatic rings. The van der Waals surface area contributed by atoms with Crippen LogP contribution in [0.3, 0.4) is 0 Å². The van der Waals surface area contributed by atoms with Crippen LogP contribution in [0.15, 0.2) is 36.4 Å². The lowest BCUT2D eigenvalue weighted by Gasteiger charge is -2.29. The lowest BCUT2D eigenvalue weighted by atomic mass is 10.2. The van der Waals surface area contributed by atoms with Crippen molar-refractivity contribution >= 4 is 12.0 Å². The summed E-state index contributed by atoms with van der Waals surface area (Å²) in [7, 11) is 0. The molecule has 0 saturated carbocycles. The fourth-order valence-corrected chi connectivity index (χ4v) is 2.15. The van der Waals surface area contributed by atoms with E-state index in [9.17, 15) is 4.79 Å². The third-order valence-electron chi connectivity index (χ3n) is 3.34. The molecule has 1 aliphatic heterocycles. The second-order valence-electron chi connectivity index (χ2n) is 4.88. The van der Waals surface area contributed by atoms with Gasteiger partial charge in [-0.2, -0.15) is 0 Å². The number of benzene rings is 1. The highest BCUT2D eigenvalue weighted by atomic mass is 16.5. The summed E-state index contributed by atoms with van der Waals surface area (Å²) in [6.07, 6.45) is 4.09. The third-order valence-corrected chi connectivity index (χ3v) is 3.34. The first kappa shape index (κ1) is 14.8.